The number of hydrogen-bond acceptors (Lipinski definition) is 6. The third-order valence-corrected chi connectivity index (χ3v) is 7.00. The zero-order valence-corrected chi connectivity index (χ0v) is 20.5. The number of esters is 1. The lowest BCUT2D eigenvalue weighted by Crippen LogP contribution is -2.52. The molecule has 0 radical (unpaired) electrons. The largest absolute Gasteiger partial charge is 0.465 e. The summed E-state index contributed by atoms with van der Waals surface area (Å²) in [4.78, 5) is 52.4. The number of ether oxygens (including phenoxy) is 1. The number of hydrogen-bond donors (Lipinski definition) is 1. The summed E-state index contributed by atoms with van der Waals surface area (Å²) in [6.07, 6.45) is 0.947. The van der Waals surface area contributed by atoms with Crippen molar-refractivity contribution in [3.05, 3.63) is 65.7 Å². The Balaban J connectivity index is 1.84. The lowest BCUT2D eigenvalue weighted by atomic mass is 9.96. The summed E-state index contributed by atoms with van der Waals surface area (Å²) in [7, 11) is 0. The van der Waals surface area contributed by atoms with Gasteiger partial charge in [0.05, 0.1) is 11.9 Å². The van der Waals surface area contributed by atoms with Crippen LogP contribution in [0.4, 0.5) is 5.69 Å². The fraction of sp³-hybridized carbons (Fsp3) is 0.385. The van der Waals surface area contributed by atoms with Crippen molar-refractivity contribution in [2.75, 3.05) is 18.1 Å². The number of anilines is 1. The van der Waals surface area contributed by atoms with Gasteiger partial charge in [-0.1, -0.05) is 67.2 Å². The van der Waals surface area contributed by atoms with Crippen LogP contribution in [0.15, 0.2) is 54.6 Å². The first kappa shape index (κ1) is 25.5. The van der Waals surface area contributed by atoms with E-state index < -0.39 is 17.3 Å². The predicted octanol–water partition coefficient (Wildman–Crippen LogP) is 3.47. The standard InChI is InChI=1S/C26H30N2O5S/c1-4-33-23(30)16-28-22-13-9-8-12-20(22)14-15-21(26(28)32)27-25(31)24(34-18(3)29)17(2)19-10-6-5-7-11-19/h5-13,17,21,24H,4,14-16H2,1-3H3,(H,27,31)/t17-,21-,24-/m0/s1. The zero-order valence-electron chi connectivity index (χ0n) is 19.7. The molecule has 0 fully saturated rings. The molecule has 1 aliphatic heterocycles. The Morgan fingerprint density at radius 2 is 1.79 bits per heavy atom. The molecule has 0 bridgehead atoms. The van der Waals surface area contributed by atoms with Crippen molar-refractivity contribution in [2.24, 2.45) is 0 Å². The minimum atomic E-state index is -0.827. The van der Waals surface area contributed by atoms with Crippen LogP contribution in [0.2, 0.25) is 0 Å². The predicted molar refractivity (Wildman–Crippen MR) is 133 cm³/mol. The molecule has 0 saturated heterocycles. The molecule has 1 heterocycles. The van der Waals surface area contributed by atoms with Crippen molar-refractivity contribution in [1.29, 1.82) is 0 Å². The molecule has 0 saturated carbocycles. The van der Waals surface area contributed by atoms with Gasteiger partial charge in [-0.3, -0.25) is 24.1 Å². The van der Waals surface area contributed by atoms with Crippen LogP contribution in [0.1, 0.15) is 44.2 Å². The number of thioether (sulfide) groups is 1. The Labute approximate surface area is 204 Å². The quantitative estimate of drug-likeness (QED) is 0.580. The lowest BCUT2D eigenvalue weighted by Gasteiger charge is -2.28. The Morgan fingerprint density at radius 1 is 1.12 bits per heavy atom. The number of carbonyl (C=O) groups is 4. The van der Waals surface area contributed by atoms with Crippen LogP contribution >= 0.6 is 11.8 Å². The van der Waals surface area contributed by atoms with Gasteiger partial charge in [0.25, 0.3) is 0 Å². The van der Waals surface area contributed by atoms with Gasteiger partial charge in [-0.15, -0.1) is 0 Å². The van der Waals surface area contributed by atoms with Crippen molar-refractivity contribution in [3.63, 3.8) is 0 Å². The van der Waals surface area contributed by atoms with E-state index in [-0.39, 0.29) is 36.0 Å². The molecular formula is C26H30N2O5S. The highest BCUT2D eigenvalue weighted by Crippen LogP contribution is 2.31. The second-order valence-corrected chi connectivity index (χ2v) is 9.51. The van der Waals surface area contributed by atoms with E-state index in [4.69, 9.17) is 4.74 Å². The number of para-hydroxylation sites is 1. The number of nitrogens with zero attached hydrogens (tertiary/aromatic N) is 1. The van der Waals surface area contributed by atoms with Crippen LogP contribution < -0.4 is 10.2 Å². The molecule has 0 spiro atoms. The molecule has 7 nitrogen and oxygen atoms in total. The molecule has 1 aliphatic rings. The van der Waals surface area contributed by atoms with E-state index in [1.807, 2.05) is 55.5 Å². The Kier molecular flexibility index (Phi) is 8.87. The maximum atomic E-state index is 13.5. The average molecular weight is 483 g/mol. The van der Waals surface area contributed by atoms with Crippen molar-refractivity contribution >= 4 is 40.3 Å². The monoisotopic (exact) mass is 482 g/mol. The molecule has 2 amide bonds. The molecule has 180 valence electrons. The fourth-order valence-corrected chi connectivity index (χ4v) is 4.99. The minimum Gasteiger partial charge on any atom is -0.465 e. The molecule has 0 aliphatic carbocycles. The van der Waals surface area contributed by atoms with Crippen LogP contribution in [0.5, 0.6) is 0 Å². The number of nitrogens with one attached hydrogen (secondary N) is 1. The summed E-state index contributed by atoms with van der Waals surface area (Å²) >= 11 is 0.961. The molecule has 0 aromatic heterocycles. The summed E-state index contributed by atoms with van der Waals surface area (Å²) in [6, 6.07) is 16.1. The normalized spacial score (nSPS) is 17.2. The summed E-state index contributed by atoms with van der Waals surface area (Å²) in [5.74, 6) is -1.51. The highest BCUT2D eigenvalue weighted by Gasteiger charge is 2.36. The first-order valence-electron chi connectivity index (χ1n) is 11.4. The van der Waals surface area contributed by atoms with Gasteiger partial charge in [0.1, 0.15) is 12.6 Å². The summed E-state index contributed by atoms with van der Waals surface area (Å²) < 4.78 is 5.07. The van der Waals surface area contributed by atoms with Gasteiger partial charge in [-0.05, 0) is 37.0 Å². The van der Waals surface area contributed by atoms with Crippen LogP contribution in [0.3, 0.4) is 0 Å². The Bertz CT molecular complexity index is 1040. The summed E-state index contributed by atoms with van der Waals surface area (Å²) in [5.41, 5.74) is 2.49. The molecule has 34 heavy (non-hydrogen) atoms. The number of amides is 2. The molecule has 1 N–H and O–H groups in total. The molecule has 2 aromatic carbocycles. The van der Waals surface area contributed by atoms with Crippen molar-refractivity contribution in [3.8, 4) is 0 Å². The van der Waals surface area contributed by atoms with E-state index >= 15 is 0 Å². The number of carbonyl (C=O) groups excluding carboxylic acids is 4. The van der Waals surface area contributed by atoms with E-state index in [2.05, 4.69) is 5.32 Å². The Morgan fingerprint density at radius 3 is 2.47 bits per heavy atom. The Hall–Kier alpha value is -3.13. The fourth-order valence-electron chi connectivity index (χ4n) is 4.10. The first-order valence-corrected chi connectivity index (χ1v) is 12.3. The van der Waals surface area contributed by atoms with Crippen molar-refractivity contribution in [1.82, 2.24) is 5.32 Å². The van der Waals surface area contributed by atoms with E-state index in [0.717, 1.165) is 22.9 Å². The van der Waals surface area contributed by atoms with Gasteiger partial charge in [0, 0.05) is 18.5 Å². The molecular weight excluding hydrogens is 452 g/mol. The van der Waals surface area contributed by atoms with Gasteiger partial charge in [-0.2, -0.15) is 0 Å². The van der Waals surface area contributed by atoms with E-state index in [1.165, 1.54) is 11.8 Å². The minimum absolute atomic E-state index is 0.175. The van der Waals surface area contributed by atoms with Gasteiger partial charge < -0.3 is 10.1 Å². The second-order valence-electron chi connectivity index (χ2n) is 8.19. The average Bonchev–Trinajstić information content (AvgIpc) is 2.95. The van der Waals surface area contributed by atoms with Crippen molar-refractivity contribution in [2.45, 2.75) is 50.8 Å². The van der Waals surface area contributed by atoms with E-state index in [1.54, 1.807) is 13.0 Å². The molecule has 2 aromatic rings. The van der Waals surface area contributed by atoms with Crippen LogP contribution in [0, 0.1) is 0 Å². The molecule has 8 heteroatoms. The summed E-state index contributed by atoms with van der Waals surface area (Å²) in [5, 5.41) is 2.01. The molecule has 0 unspecified atom stereocenters. The van der Waals surface area contributed by atoms with Crippen molar-refractivity contribution < 1.29 is 23.9 Å². The highest BCUT2D eigenvalue weighted by molar-refractivity contribution is 8.14. The number of rotatable bonds is 8. The van der Waals surface area contributed by atoms with Crippen LogP contribution in [-0.2, 0) is 30.3 Å². The SMILES string of the molecule is CCOC(=O)CN1C(=O)[C@@H](NC(=O)[C@@H](SC(C)=O)[C@@H](C)c2ccccc2)CCc2ccccc21. The topological polar surface area (TPSA) is 92.8 Å². The smallest absolute Gasteiger partial charge is 0.326 e. The second kappa shape index (κ2) is 11.8. The van der Waals surface area contributed by atoms with Crippen LogP contribution in [-0.4, -0.2) is 47.3 Å². The summed E-state index contributed by atoms with van der Waals surface area (Å²) in [6.45, 7) is 5.01. The zero-order chi connectivity index (χ0) is 24.7. The maximum absolute atomic E-state index is 13.5. The van der Waals surface area contributed by atoms with Crippen LogP contribution in [0.25, 0.3) is 0 Å². The van der Waals surface area contributed by atoms with Gasteiger partial charge in [0.15, 0.2) is 5.12 Å². The number of benzene rings is 2. The first-order chi connectivity index (χ1) is 16.3. The third kappa shape index (κ3) is 6.26. The van der Waals surface area contributed by atoms with Gasteiger partial charge in [-0.25, -0.2) is 0 Å². The molecule has 3 rings (SSSR count). The number of aryl methyl sites for hydroxylation is 1. The van der Waals surface area contributed by atoms with Gasteiger partial charge >= 0.3 is 5.97 Å². The van der Waals surface area contributed by atoms with Gasteiger partial charge in [0.2, 0.25) is 11.8 Å². The van der Waals surface area contributed by atoms with E-state index in [9.17, 15) is 19.2 Å². The number of fused-ring (bicyclic) bond motifs is 1. The lowest BCUT2D eigenvalue weighted by molar-refractivity contribution is -0.142. The molecule has 3 atom stereocenters. The maximum Gasteiger partial charge on any atom is 0.326 e. The van der Waals surface area contributed by atoms with E-state index in [0.29, 0.717) is 18.5 Å². The highest BCUT2D eigenvalue weighted by atomic mass is 32.2. The third-order valence-electron chi connectivity index (χ3n) is 5.79.